The highest BCUT2D eigenvalue weighted by Gasteiger charge is 2.29. The second-order valence-corrected chi connectivity index (χ2v) is 8.25. The molecule has 36 heavy (non-hydrogen) atoms. The smallest absolute Gasteiger partial charge is 0.255 e. The fraction of sp³-hybridized carbons (Fsp3) is 0.240. The topological polar surface area (TPSA) is 129 Å². The van der Waals surface area contributed by atoms with Gasteiger partial charge in [0.15, 0.2) is 5.75 Å². The summed E-state index contributed by atoms with van der Waals surface area (Å²) in [7, 11) is 3.30. The maximum Gasteiger partial charge on any atom is 0.255 e. The van der Waals surface area contributed by atoms with Crippen LogP contribution in [-0.4, -0.2) is 55.6 Å². The standard InChI is InChI=1S/C25H27ClN6O4/c1-4-20(33)28-10-11-36-18-13-30-19(27-2)12-14(18)22-23(21-16(31-22)8-9-29-25(21)34)32-17-7-5-6-15(26)24(17)35-3/h4-7,12-13,31-32H,1,8-11H2,2-3H3,(H,27,30)(H,28,33)(H,29,34). The normalized spacial score (nSPS) is 12.2. The van der Waals surface area contributed by atoms with Crippen molar-refractivity contribution in [3.8, 4) is 22.8 Å². The largest absolute Gasteiger partial charge is 0.493 e. The third kappa shape index (κ3) is 5.08. The molecular formula is C25H27ClN6O4. The van der Waals surface area contributed by atoms with Crippen LogP contribution in [0.4, 0.5) is 17.2 Å². The monoisotopic (exact) mass is 510 g/mol. The lowest BCUT2D eigenvalue weighted by Crippen LogP contribution is -2.31. The number of carbonyl (C=O) groups excluding carboxylic acids is 2. The van der Waals surface area contributed by atoms with E-state index in [1.54, 1.807) is 25.4 Å². The average Bonchev–Trinajstić information content (AvgIpc) is 3.25. The molecule has 0 saturated heterocycles. The predicted octanol–water partition coefficient (Wildman–Crippen LogP) is 3.49. The number of benzene rings is 1. The molecule has 11 heteroatoms. The van der Waals surface area contributed by atoms with Gasteiger partial charge in [-0.3, -0.25) is 9.59 Å². The van der Waals surface area contributed by atoms with Gasteiger partial charge in [0.2, 0.25) is 5.91 Å². The Kier molecular flexibility index (Phi) is 7.65. The molecule has 0 radical (unpaired) electrons. The number of rotatable bonds is 10. The molecule has 188 valence electrons. The number of methoxy groups -OCH3 is 1. The zero-order valence-electron chi connectivity index (χ0n) is 20.0. The Bertz CT molecular complexity index is 1310. The summed E-state index contributed by atoms with van der Waals surface area (Å²) in [6, 6.07) is 7.17. The fourth-order valence-electron chi connectivity index (χ4n) is 3.95. The minimum atomic E-state index is -0.285. The van der Waals surface area contributed by atoms with Crippen LogP contribution in [0.3, 0.4) is 0 Å². The number of aromatic nitrogens is 2. The highest BCUT2D eigenvalue weighted by Crippen LogP contribution is 2.43. The minimum Gasteiger partial charge on any atom is -0.493 e. The van der Waals surface area contributed by atoms with Crippen molar-refractivity contribution in [3.63, 3.8) is 0 Å². The van der Waals surface area contributed by atoms with Crippen LogP contribution in [0.2, 0.25) is 5.02 Å². The first-order valence-corrected chi connectivity index (χ1v) is 11.7. The molecular weight excluding hydrogens is 484 g/mol. The van der Waals surface area contributed by atoms with Crippen molar-refractivity contribution < 1.29 is 19.1 Å². The Morgan fingerprint density at radius 2 is 2.19 bits per heavy atom. The quantitative estimate of drug-likeness (QED) is 0.208. The van der Waals surface area contributed by atoms with E-state index in [1.165, 1.54) is 13.2 Å². The molecule has 3 aromatic rings. The highest BCUT2D eigenvalue weighted by molar-refractivity contribution is 6.32. The number of nitrogens with one attached hydrogen (secondary N) is 5. The molecule has 10 nitrogen and oxygen atoms in total. The molecule has 1 aliphatic heterocycles. The molecule has 5 N–H and O–H groups in total. The van der Waals surface area contributed by atoms with Gasteiger partial charge >= 0.3 is 0 Å². The van der Waals surface area contributed by atoms with Gasteiger partial charge < -0.3 is 35.7 Å². The average molecular weight is 511 g/mol. The highest BCUT2D eigenvalue weighted by atomic mass is 35.5. The third-order valence-electron chi connectivity index (χ3n) is 5.63. The van der Waals surface area contributed by atoms with Crippen LogP contribution in [0.1, 0.15) is 16.1 Å². The van der Waals surface area contributed by atoms with E-state index in [1.807, 2.05) is 12.1 Å². The molecule has 1 aliphatic rings. The molecule has 0 bridgehead atoms. The molecule has 0 unspecified atom stereocenters. The van der Waals surface area contributed by atoms with Crippen molar-refractivity contribution in [2.45, 2.75) is 6.42 Å². The lowest BCUT2D eigenvalue weighted by Gasteiger charge is -2.18. The van der Waals surface area contributed by atoms with E-state index in [2.05, 4.69) is 37.8 Å². The van der Waals surface area contributed by atoms with Crippen molar-refractivity contribution in [2.75, 3.05) is 44.5 Å². The van der Waals surface area contributed by atoms with Gasteiger partial charge in [0.05, 0.1) is 47.5 Å². The van der Waals surface area contributed by atoms with Crippen LogP contribution in [0.15, 0.2) is 43.1 Å². The van der Waals surface area contributed by atoms with Crippen molar-refractivity contribution in [2.24, 2.45) is 0 Å². The molecule has 0 spiro atoms. The second-order valence-electron chi connectivity index (χ2n) is 7.84. The summed E-state index contributed by atoms with van der Waals surface area (Å²) in [6.07, 6.45) is 3.43. The fourth-order valence-corrected chi connectivity index (χ4v) is 4.20. The van der Waals surface area contributed by atoms with E-state index in [9.17, 15) is 9.59 Å². The molecule has 1 aromatic carbocycles. The number of para-hydroxylation sites is 1. The molecule has 0 saturated carbocycles. The Morgan fingerprint density at radius 1 is 1.36 bits per heavy atom. The number of hydrogen-bond acceptors (Lipinski definition) is 7. The molecule has 0 aliphatic carbocycles. The number of hydrogen-bond donors (Lipinski definition) is 5. The first-order valence-electron chi connectivity index (χ1n) is 11.3. The lowest BCUT2D eigenvalue weighted by molar-refractivity contribution is -0.116. The van der Waals surface area contributed by atoms with Gasteiger partial charge in [0.1, 0.15) is 18.2 Å². The maximum absolute atomic E-state index is 12.9. The predicted molar refractivity (Wildman–Crippen MR) is 140 cm³/mol. The Morgan fingerprint density at radius 3 is 2.94 bits per heavy atom. The Balaban J connectivity index is 1.79. The summed E-state index contributed by atoms with van der Waals surface area (Å²) in [4.78, 5) is 32.2. The molecule has 0 fully saturated rings. The number of amides is 2. The second kappa shape index (κ2) is 11.0. The summed E-state index contributed by atoms with van der Waals surface area (Å²) >= 11 is 6.34. The number of H-pyrrole nitrogens is 1. The van der Waals surface area contributed by atoms with E-state index in [0.717, 1.165) is 5.69 Å². The number of nitrogens with zero attached hydrogens (tertiary/aromatic N) is 1. The van der Waals surface area contributed by atoms with Crippen molar-refractivity contribution >= 4 is 40.6 Å². The van der Waals surface area contributed by atoms with Crippen LogP contribution in [-0.2, 0) is 11.2 Å². The van der Waals surface area contributed by atoms with Crippen molar-refractivity contribution in [1.82, 2.24) is 20.6 Å². The number of ether oxygens (including phenoxy) is 2. The SMILES string of the molecule is C=CC(=O)NCCOc1cnc(NC)cc1-c1[nH]c2c(c1Nc1cccc(Cl)c1OC)C(=O)NCC2. The van der Waals surface area contributed by atoms with Crippen LogP contribution in [0, 0.1) is 0 Å². The molecule has 4 rings (SSSR count). The van der Waals surface area contributed by atoms with Gasteiger partial charge in [-0.1, -0.05) is 24.2 Å². The summed E-state index contributed by atoms with van der Waals surface area (Å²) in [6.45, 7) is 4.45. The number of aromatic amines is 1. The van der Waals surface area contributed by atoms with Crippen LogP contribution in [0.5, 0.6) is 11.5 Å². The van der Waals surface area contributed by atoms with Crippen molar-refractivity contribution in [1.29, 1.82) is 0 Å². The van der Waals surface area contributed by atoms with E-state index in [0.29, 0.717) is 63.5 Å². The number of carbonyl (C=O) groups is 2. The first kappa shape index (κ1) is 24.9. The van der Waals surface area contributed by atoms with Crippen molar-refractivity contribution in [3.05, 3.63) is 59.4 Å². The molecule has 0 atom stereocenters. The Labute approximate surface area is 213 Å². The molecule has 2 aromatic heterocycles. The van der Waals surface area contributed by atoms with Gasteiger partial charge in [-0.05, 0) is 24.3 Å². The van der Waals surface area contributed by atoms with E-state index >= 15 is 0 Å². The van der Waals surface area contributed by atoms with Gasteiger partial charge in [-0.2, -0.15) is 0 Å². The van der Waals surface area contributed by atoms with E-state index in [-0.39, 0.29) is 25.0 Å². The summed E-state index contributed by atoms with van der Waals surface area (Å²) in [5, 5.41) is 12.4. The van der Waals surface area contributed by atoms with Crippen LogP contribution >= 0.6 is 11.6 Å². The number of pyridine rings is 1. The molecule has 2 amide bonds. The Hall–Kier alpha value is -4.18. The summed E-state index contributed by atoms with van der Waals surface area (Å²) < 4.78 is 11.5. The first-order chi connectivity index (χ1) is 17.5. The van der Waals surface area contributed by atoms with Gasteiger partial charge in [-0.15, -0.1) is 0 Å². The number of fused-ring (bicyclic) bond motifs is 1. The number of anilines is 3. The lowest BCUT2D eigenvalue weighted by atomic mass is 10.0. The summed E-state index contributed by atoms with van der Waals surface area (Å²) in [5.41, 5.74) is 3.78. The van der Waals surface area contributed by atoms with Gasteiger partial charge in [0.25, 0.3) is 5.91 Å². The van der Waals surface area contributed by atoms with E-state index in [4.69, 9.17) is 21.1 Å². The van der Waals surface area contributed by atoms with Crippen LogP contribution in [0.25, 0.3) is 11.3 Å². The van der Waals surface area contributed by atoms with E-state index < -0.39 is 0 Å². The number of halogens is 1. The molecule has 3 heterocycles. The summed E-state index contributed by atoms with van der Waals surface area (Å²) in [5.74, 6) is 1.06. The minimum absolute atomic E-state index is 0.195. The van der Waals surface area contributed by atoms with Gasteiger partial charge in [-0.25, -0.2) is 4.98 Å². The zero-order chi connectivity index (χ0) is 25.7. The zero-order valence-corrected chi connectivity index (χ0v) is 20.7. The maximum atomic E-state index is 12.9. The van der Waals surface area contributed by atoms with Gasteiger partial charge in [0, 0.05) is 31.3 Å². The van der Waals surface area contributed by atoms with Crippen LogP contribution < -0.4 is 30.7 Å². The third-order valence-corrected chi connectivity index (χ3v) is 5.93.